The standard InChI is InChI=1S/C16H21F3N2O2/c1-21-6-7-23-11-13(10-21)9-20-15(22)8-12-2-4-14(5-3-12)16(17,18)19/h2-5,13H,6-11H2,1H3,(H,20,22)/t13-/m0/s1. The van der Waals surface area contributed by atoms with E-state index < -0.39 is 11.7 Å². The molecule has 0 spiro atoms. The fraction of sp³-hybridized carbons (Fsp3) is 0.562. The maximum Gasteiger partial charge on any atom is 0.416 e. The molecule has 0 unspecified atom stereocenters. The van der Waals surface area contributed by atoms with Gasteiger partial charge in [0.15, 0.2) is 0 Å². The molecule has 23 heavy (non-hydrogen) atoms. The van der Waals surface area contributed by atoms with E-state index in [-0.39, 0.29) is 18.2 Å². The molecule has 0 saturated carbocycles. The number of nitrogens with zero attached hydrogens (tertiary/aromatic N) is 1. The summed E-state index contributed by atoms with van der Waals surface area (Å²) in [5, 5.41) is 2.83. The molecule has 1 aliphatic rings. The lowest BCUT2D eigenvalue weighted by Gasteiger charge is -2.19. The third-order valence-corrected chi connectivity index (χ3v) is 3.77. The Morgan fingerprint density at radius 3 is 2.70 bits per heavy atom. The van der Waals surface area contributed by atoms with Crippen molar-refractivity contribution in [3.05, 3.63) is 35.4 Å². The molecule has 1 heterocycles. The van der Waals surface area contributed by atoms with Crippen LogP contribution in [0.4, 0.5) is 13.2 Å². The first-order valence-electron chi connectivity index (χ1n) is 7.53. The molecule has 128 valence electrons. The molecular formula is C16H21F3N2O2. The van der Waals surface area contributed by atoms with Gasteiger partial charge < -0.3 is 15.0 Å². The first-order valence-corrected chi connectivity index (χ1v) is 7.53. The third-order valence-electron chi connectivity index (χ3n) is 3.77. The van der Waals surface area contributed by atoms with Gasteiger partial charge in [-0.15, -0.1) is 0 Å². The van der Waals surface area contributed by atoms with E-state index in [0.717, 1.165) is 25.2 Å². The van der Waals surface area contributed by atoms with Crippen molar-refractivity contribution in [2.24, 2.45) is 5.92 Å². The number of nitrogens with one attached hydrogen (secondary N) is 1. The average Bonchev–Trinajstić information content (AvgIpc) is 2.69. The number of carbonyl (C=O) groups excluding carboxylic acids is 1. The highest BCUT2D eigenvalue weighted by molar-refractivity contribution is 5.78. The van der Waals surface area contributed by atoms with Crippen LogP contribution in [0.2, 0.25) is 0 Å². The molecule has 1 saturated heterocycles. The second-order valence-corrected chi connectivity index (χ2v) is 5.88. The van der Waals surface area contributed by atoms with Gasteiger partial charge in [0, 0.05) is 25.6 Å². The molecule has 2 rings (SSSR count). The highest BCUT2D eigenvalue weighted by Crippen LogP contribution is 2.29. The van der Waals surface area contributed by atoms with Crippen molar-refractivity contribution in [1.29, 1.82) is 0 Å². The molecule has 1 fully saturated rings. The highest BCUT2D eigenvalue weighted by atomic mass is 19.4. The molecule has 0 aromatic heterocycles. The SMILES string of the molecule is CN1CCOC[C@@H](CNC(=O)Cc2ccc(C(F)(F)F)cc2)C1. The predicted octanol–water partition coefficient (Wildman–Crippen LogP) is 1.94. The van der Waals surface area contributed by atoms with E-state index in [0.29, 0.717) is 25.3 Å². The van der Waals surface area contributed by atoms with Crippen LogP contribution in [-0.2, 0) is 22.1 Å². The fourth-order valence-electron chi connectivity index (χ4n) is 2.50. The lowest BCUT2D eigenvalue weighted by molar-refractivity contribution is -0.137. The van der Waals surface area contributed by atoms with Gasteiger partial charge in [-0.1, -0.05) is 12.1 Å². The normalized spacial score (nSPS) is 20.1. The largest absolute Gasteiger partial charge is 0.416 e. The second-order valence-electron chi connectivity index (χ2n) is 5.88. The molecule has 1 aromatic carbocycles. The Morgan fingerprint density at radius 2 is 2.04 bits per heavy atom. The van der Waals surface area contributed by atoms with Gasteiger partial charge in [-0.2, -0.15) is 13.2 Å². The van der Waals surface area contributed by atoms with Gasteiger partial charge >= 0.3 is 6.18 Å². The highest BCUT2D eigenvalue weighted by Gasteiger charge is 2.30. The number of hydrogen-bond donors (Lipinski definition) is 1. The lowest BCUT2D eigenvalue weighted by Crippen LogP contribution is -2.36. The van der Waals surface area contributed by atoms with Crippen molar-refractivity contribution < 1.29 is 22.7 Å². The molecule has 1 N–H and O–H groups in total. The van der Waals surface area contributed by atoms with Gasteiger partial charge in [0.05, 0.1) is 25.2 Å². The van der Waals surface area contributed by atoms with E-state index in [9.17, 15) is 18.0 Å². The van der Waals surface area contributed by atoms with Crippen molar-refractivity contribution in [1.82, 2.24) is 10.2 Å². The van der Waals surface area contributed by atoms with E-state index in [2.05, 4.69) is 10.2 Å². The number of rotatable bonds is 4. The van der Waals surface area contributed by atoms with Gasteiger partial charge in [-0.3, -0.25) is 4.79 Å². The molecule has 7 heteroatoms. The van der Waals surface area contributed by atoms with Crippen molar-refractivity contribution in [2.45, 2.75) is 12.6 Å². The van der Waals surface area contributed by atoms with E-state index >= 15 is 0 Å². The zero-order chi connectivity index (χ0) is 16.9. The minimum atomic E-state index is -4.35. The van der Waals surface area contributed by atoms with Crippen LogP contribution in [-0.4, -0.2) is 50.7 Å². The van der Waals surface area contributed by atoms with Gasteiger partial charge in [-0.25, -0.2) is 0 Å². The van der Waals surface area contributed by atoms with Crippen LogP contribution >= 0.6 is 0 Å². The number of alkyl halides is 3. The number of hydrogen-bond acceptors (Lipinski definition) is 3. The summed E-state index contributed by atoms with van der Waals surface area (Å²) in [6.45, 7) is 3.51. The monoisotopic (exact) mass is 330 g/mol. The summed E-state index contributed by atoms with van der Waals surface area (Å²) in [4.78, 5) is 14.1. The fourth-order valence-corrected chi connectivity index (χ4v) is 2.50. The third kappa shape index (κ3) is 5.84. The van der Waals surface area contributed by atoms with Crippen molar-refractivity contribution in [3.63, 3.8) is 0 Å². The molecular weight excluding hydrogens is 309 g/mol. The van der Waals surface area contributed by atoms with Gasteiger partial charge in [0.1, 0.15) is 0 Å². The van der Waals surface area contributed by atoms with Crippen LogP contribution in [0.1, 0.15) is 11.1 Å². The van der Waals surface area contributed by atoms with E-state index in [1.807, 2.05) is 7.05 Å². The molecule has 0 radical (unpaired) electrons. The van der Waals surface area contributed by atoms with Crippen LogP contribution < -0.4 is 5.32 Å². The number of carbonyl (C=O) groups is 1. The molecule has 1 amide bonds. The maximum absolute atomic E-state index is 12.5. The van der Waals surface area contributed by atoms with Crippen LogP contribution in [0, 0.1) is 5.92 Å². The average molecular weight is 330 g/mol. The Kier molecular flexibility index (Phi) is 6.01. The molecule has 0 aliphatic carbocycles. The van der Waals surface area contributed by atoms with Crippen molar-refractivity contribution in [2.75, 3.05) is 39.9 Å². The molecule has 1 aliphatic heterocycles. The molecule has 0 bridgehead atoms. The number of likely N-dealkylation sites (N-methyl/N-ethyl adjacent to an activating group) is 1. The number of amides is 1. The van der Waals surface area contributed by atoms with E-state index in [4.69, 9.17) is 4.74 Å². The topological polar surface area (TPSA) is 41.6 Å². The number of halogens is 3. The van der Waals surface area contributed by atoms with E-state index in [1.165, 1.54) is 12.1 Å². The zero-order valence-electron chi connectivity index (χ0n) is 13.0. The van der Waals surface area contributed by atoms with E-state index in [1.54, 1.807) is 0 Å². The first-order chi connectivity index (χ1) is 10.8. The quantitative estimate of drug-likeness (QED) is 0.917. The summed E-state index contributed by atoms with van der Waals surface area (Å²) in [6.07, 6.45) is -4.28. The molecule has 1 atom stereocenters. The number of ether oxygens (including phenoxy) is 1. The minimum absolute atomic E-state index is 0.0710. The van der Waals surface area contributed by atoms with Crippen LogP contribution in [0.5, 0.6) is 0 Å². The maximum atomic E-state index is 12.5. The summed E-state index contributed by atoms with van der Waals surface area (Å²) in [7, 11) is 2.01. The summed E-state index contributed by atoms with van der Waals surface area (Å²) < 4.78 is 42.9. The Balaban J connectivity index is 1.80. The second kappa shape index (κ2) is 7.79. The Labute approximate surface area is 133 Å². The molecule has 4 nitrogen and oxygen atoms in total. The van der Waals surface area contributed by atoms with Crippen LogP contribution in [0.15, 0.2) is 24.3 Å². The molecule has 1 aromatic rings. The smallest absolute Gasteiger partial charge is 0.380 e. The van der Waals surface area contributed by atoms with Crippen molar-refractivity contribution >= 4 is 5.91 Å². The van der Waals surface area contributed by atoms with Crippen molar-refractivity contribution in [3.8, 4) is 0 Å². The van der Waals surface area contributed by atoms with Crippen LogP contribution in [0.3, 0.4) is 0 Å². The summed E-state index contributed by atoms with van der Waals surface area (Å²) >= 11 is 0. The summed E-state index contributed by atoms with van der Waals surface area (Å²) in [5.41, 5.74) is -0.148. The first kappa shape index (κ1) is 17.7. The predicted molar refractivity (Wildman–Crippen MR) is 80.0 cm³/mol. The van der Waals surface area contributed by atoms with Gasteiger partial charge in [0.25, 0.3) is 0 Å². The van der Waals surface area contributed by atoms with Crippen LogP contribution in [0.25, 0.3) is 0 Å². The number of benzene rings is 1. The zero-order valence-corrected chi connectivity index (χ0v) is 13.0. The lowest BCUT2D eigenvalue weighted by atomic mass is 10.1. The summed E-state index contributed by atoms with van der Waals surface area (Å²) in [5.74, 6) is 0.0238. The Hall–Kier alpha value is -1.60. The Bertz CT molecular complexity index is 517. The Morgan fingerprint density at radius 1 is 1.35 bits per heavy atom. The van der Waals surface area contributed by atoms with Gasteiger partial charge in [0.2, 0.25) is 5.91 Å². The minimum Gasteiger partial charge on any atom is -0.380 e. The van der Waals surface area contributed by atoms with Gasteiger partial charge in [-0.05, 0) is 24.7 Å². The summed E-state index contributed by atoms with van der Waals surface area (Å²) in [6, 6.07) is 4.67.